The number of rotatable bonds is 5. The van der Waals surface area contributed by atoms with Gasteiger partial charge in [0.25, 0.3) is 11.1 Å². The molecule has 0 unspecified atom stereocenters. The molecular formula is C20H24N2O6S. The van der Waals surface area contributed by atoms with Gasteiger partial charge < -0.3 is 19.5 Å². The second kappa shape index (κ2) is 9.21. The van der Waals surface area contributed by atoms with E-state index in [2.05, 4.69) is 0 Å². The summed E-state index contributed by atoms with van der Waals surface area (Å²) in [6.45, 7) is 1.08. The number of likely N-dealkylation sites (tertiary alicyclic amines) is 1. The van der Waals surface area contributed by atoms with E-state index in [1.165, 1.54) is 32.4 Å². The molecule has 0 saturated carbocycles. The number of hydrogen-bond donors (Lipinski definition) is 1. The molecule has 9 heteroatoms. The number of carbonyl (C=O) groups is 3. The number of aromatic hydroxyl groups is 1. The van der Waals surface area contributed by atoms with Crippen LogP contribution in [0.15, 0.2) is 17.0 Å². The number of methoxy groups -OCH3 is 2. The van der Waals surface area contributed by atoms with E-state index in [-0.39, 0.29) is 34.6 Å². The van der Waals surface area contributed by atoms with Gasteiger partial charge in [0, 0.05) is 13.1 Å². The molecule has 8 nitrogen and oxygen atoms in total. The molecule has 0 spiro atoms. The van der Waals surface area contributed by atoms with Crippen LogP contribution in [0.4, 0.5) is 4.79 Å². The highest BCUT2D eigenvalue weighted by atomic mass is 32.2. The number of phenolic OH excluding ortho intramolecular Hbond substituents is 1. The summed E-state index contributed by atoms with van der Waals surface area (Å²) in [4.78, 5) is 40.5. The smallest absolute Gasteiger partial charge is 0.294 e. The van der Waals surface area contributed by atoms with E-state index in [4.69, 9.17) is 9.47 Å². The first-order valence-electron chi connectivity index (χ1n) is 9.42. The summed E-state index contributed by atoms with van der Waals surface area (Å²) >= 11 is 0.784. The van der Waals surface area contributed by atoms with Gasteiger partial charge in [-0.05, 0) is 48.4 Å². The SMILES string of the molecule is COc1cc(/C=C2/SC(=O)N(CC(=O)N3CCCCCC3)C2=O)cc(OC)c1O. The maximum absolute atomic E-state index is 12.7. The highest BCUT2D eigenvalue weighted by Crippen LogP contribution is 2.39. The lowest BCUT2D eigenvalue weighted by Gasteiger charge is -2.22. The van der Waals surface area contributed by atoms with E-state index in [0.29, 0.717) is 18.7 Å². The van der Waals surface area contributed by atoms with Crippen molar-refractivity contribution in [3.05, 3.63) is 22.6 Å². The van der Waals surface area contributed by atoms with Crippen molar-refractivity contribution in [3.8, 4) is 17.2 Å². The maximum Gasteiger partial charge on any atom is 0.294 e. The van der Waals surface area contributed by atoms with Crippen LogP contribution in [-0.4, -0.2) is 65.8 Å². The van der Waals surface area contributed by atoms with Crippen LogP contribution < -0.4 is 9.47 Å². The molecule has 2 saturated heterocycles. The standard InChI is InChI=1S/C20H24N2O6S/c1-27-14-9-13(10-15(28-2)18(14)24)11-16-19(25)22(20(26)29-16)12-17(23)21-7-5-3-4-6-8-21/h9-11,24H,3-8,12H2,1-2H3/b16-11+. The summed E-state index contributed by atoms with van der Waals surface area (Å²) in [5.74, 6) is -0.488. The predicted octanol–water partition coefficient (Wildman–Crippen LogP) is 2.85. The number of phenols is 1. The van der Waals surface area contributed by atoms with E-state index in [1.54, 1.807) is 4.90 Å². The fourth-order valence-electron chi connectivity index (χ4n) is 3.34. The van der Waals surface area contributed by atoms with E-state index < -0.39 is 11.1 Å². The Morgan fingerprint density at radius 1 is 1.10 bits per heavy atom. The number of ether oxygens (including phenoxy) is 2. The summed E-state index contributed by atoms with van der Waals surface area (Å²) in [6.07, 6.45) is 5.59. The lowest BCUT2D eigenvalue weighted by atomic mass is 10.1. The minimum atomic E-state index is -0.505. The molecule has 0 aromatic heterocycles. The number of benzene rings is 1. The lowest BCUT2D eigenvalue weighted by Crippen LogP contribution is -2.42. The number of nitrogens with zero attached hydrogens (tertiary/aromatic N) is 2. The van der Waals surface area contributed by atoms with Crippen molar-refractivity contribution >= 4 is 34.9 Å². The Morgan fingerprint density at radius 3 is 2.24 bits per heavy atom. The van der Waals surface area contributed by atoms with Gasteiger partial charge in [-0.2, -0.15) is 0 Å². The van der Waals surface area contributed by atoms with Crippen LogP contribution in [0.2, 0.25) is 0 Å². The van der Waals surface area contributed by atoms with Crippen LogP contribution in [0.25, 0.3) is 6.08 Å². The normalized spacial score (nSPS) is 18.9. The Morgan fingerprint density at radius 2 is 1.69 bits per heavy atom. The van der Waals surface area contributed by atoms with Gasteiger partial charge in [-0.3, -0.25) is 19.3 Å². The van der Waals surface area contributed by atoms with Crippen LogP contribution in [-0.2, 0) is 9.59 Å². The minimum absolute atomic E-state index is 0.150. The topological polar surface area (TPSA) is 96.4 Å². The van der Waals surface area contributed by atoms with Crippen molar-refractivity contribution in [2.45, 2.75) is 25.7 Å². The van der Waals surface area contributed by atoms with Crippen molar-refractivity contribution in [2.75, 3.05) is 33.9 Å². The predicted molar refractivity (Wildman–Crippen MR) is 109 cm³/mol. The van der Waals surface area contributed by atoms with Gasteiger partial charge in [-0.1, -0.05) is 12.8 Å². The van der Waals surface area contributed by atoms with Crippen LogP contribution in [0.5, 0.6) is 17.2 Å². The zero-order valence-electron chi connectivity index (χ0n) is 16.5. The third kappa shape index (κ3) is 4.67. The Hall–Kier alpha value is -2.68. The van der Waals surface area contributed by atoms with Crippen LogP contribution >= 0.6 is 11.8 Å². The molecule has 2 heterocycles. The maximum atomic E-state index is 12.7. The van der Waals surface area contributed by atoms with Crippen molar-refractivity contribution in [2.24, 2.45) is 0 Å². The van der Waals surface area contributed by atoms with E-state index in [9.17, 15) is 19.5 Å². The van der Waals surface area contributed by atoms with Crippen LogP contribution in [0.3, 0.4) is 0 Å². The van der Waals surface area contributed by atoms with Gasteiger partial charge in [0.15, 0.2) is 11.5 Å². The van der Waals surface area contributed by atoms with Crippen molar-refractivity contribution < 1.29 is 29.0 Å². The highest BCUT2D eigenvalue weighted by molar-refractivity contribution is 8.18. The Kier molecular flexibility index (Phi) is 6.68. The Labute approximate surface area is 173 Å². The molecule has 2 aliphatic rings. The first-order valence-corrected chi connectivity index (χ1v) is 10.2. The molecule has 1 N–H and O–H groups in total. The molecule has 0 aliphatic carbocycles. The third-order valence-corrected chi connectivity index (χ3v) is 5.83. The zero-order chi connectivity index (χ0) is 21.0. The summed E-state index contributed by atoms with van der Waals surface area (Å²) in [6, 6.07) is 3.07. The number of imide groups is 1. The van der Waals surface area contributed by atoms with Gasteiger partial charge >= 0.3 is 0 Å². The van der Waals surface area contributed by atoms with E-state index >= 15 is 0 Å². The molecule has 1 aromatic rings. The summed E-state index contributed by atoms with van der Waals surface area (Å²) in [7, 11) is 2.81. The molecule has 0 radical (unpaired) electrons. The molecule has 3 rings (SSSR count). The van der Waals surface area contributed by atoms with Crippen molar-refractivity contribution in [3.63, 3.8) is 0 Å². The summed E-state index contributed by atoms with van der Waals surface area (Å²) < 4.78 is 10.2. The molecule has 2 aliphatic heterocycles. The van der Waals surface area contributed by atoms with Crippen LogP contribution in [0.1, 0.15) is 31.2 Å². The average Bonchev–Trinajstić information content (AvgIpc) is 2.91. The first kappa shape index (κ1) is 21.0. The van der Waals surface area contributed by atoms with Gasteiger partial charge in [0.1, 0.15) is 6.54 Å². The van der Waals surface area contributed by atoms with E-state index in [1.807, 2.05) is 0 Å². The molecule has 29 heavy (non-hydrogen) atoms. The molecule has 0 bridgehead atoms. The monoisotopic (exact) mass is 420 g/mol. The Bertz CT molecular complexity index is 820. The zero-order valence-corrected chi connectivity index (χ0v) is 17.3. The number of hydrogen-bond acceptors (Lipinski definition) is 7. The Balaban J connectivity index is 1.77. The average molecular weight is 420 g/mol. The third-order valence-electron chi connectivity index (χ3n) is 4.93. The highest BCUT2D eigenvalue weighted by Gasteiger charge is 2.37. The van der Waals surface area contributed by atoms with Gasteiger partial charge in [0.2, 0.25) is 11.7 Å². The van der Waals surface area contributed by atoms with Crippen LogP contribution in [0, 0.1) is 0 Å². The summed E-state index contributed by atoms with van der Waals surface area (Å²) in [5, 5.41) is 9.54. The fraction of sp³-hybridized carbons (Fsp3) is 0.450. The molecule has 3 amide bonds. The molecule has 1 aromatic carbocycles. The lowest BCUT2D eigenvalue weighted by molar-refractivity contribution is -0.135. The first-order chi connectivity index (χ1) is 13.9. The molecule has 156 valence electrons. The van der Waals surface area contributed by atoms with Gasteiger partial charge in [-0.15, -0.1) is 0 Å². The number of carbonyl (C=O) groups excluding carboxylic acids is 3. The van der Waals surface area contributed by atoms with E-state index in [0.717, 1.165) is 42.3 Å². The second-order valence-electron chi connectivity index (χ2n) is 6.84. The molecule has 0 atom stereocenters. The van der Waals surface area contributed by atoms with Gasteiger partial charge in [0.05, 0.1) is 19.1 Å². The van der Waals surface area contributed by atoms with Gasteiger partial charge in [-0.25, -0.2) is 0 Å². The largest absolute Gasteiger partial charge is 0.502 e. The van der Waals surface area contributed by atoms with Crippen molar-refractivity contribution in [1.82, 2.24) is 9.80 Å². The number of thioether (sulfide) groups is 1. The quantitative estimate of drug-likeness (QED) is 0.732. The minimum Gasteiger partial charge on any atom is -0.502 e. The molecular weight excluding hydrogens is 396 g/mol. The van der Waals surface area contributed by atoms with Crippen molar-refractivity contribution in [1.29, 1.82) is 0 Å². The number of amides is 3. The molecule has 2 fully saturated rings. The fourth-order valence-corrected chi connectivity index (χ4v) is 4.18. The summed E-state index contributed by atoms with van der Waals surface area (Å²) in [5.41, 5.74) is 0.529. The second-order valence-corrected chi connectivity index (χ2v) is 7.83.